The molecule has 0 spiro atoms. The van der Waals surface area contributed by atoms with E-state index in [2.05, 4.69) is 56.3 Å². The largest absolute Gasteiger partial charge is 0.382 e. The highest BCUT2D eigenvalue weighted by atomic mass is 16.5. The predicted molar refractivity (Wildman–Crippen MR) is 138 cm³/mol. The molecule has 2 saturated heterocycles. The summed E-state index contributed by atoms with van der Waals surface area (Å²) in [5.74, 6) is 0.417. The first-order chi connectivity index (χ1) is 18.2. The minimum atomic E-state index is 0.226. The minimum Gasteiger partial charge on any atom is -0.382 e. The van der Waals surface area contributed by atoms with Crippen LogP contribution < -0.4 is 5.73 Å². The molecule has 5 aromatic rings. The third-order valence-corrected chi connectivity index (χ3v) is 7.69. The molecule has 0 aliphatic carbocycles. The smallest absolute Gasteiger partial charge is 0.152 e. The van der Waals surface area contributed by atoms with Gasteiger partial charge < -0.3 is 15.2 Å². The molecule has 190 valence electrons. The van der Waals surface area contributed by atoms with Crippen molar-refractivity contribution in [3.05, 3.63) is 42.5 Å². The van der Waals surface area contributed by atoms with Crippen LogP contribution in [0.15, 0.2) is 36.8 Å². The van der Waals surface area contributed by atoms with Crippen LogP contribution in [0.4, 0.5) is 5.82 Å². The van der Waals surface area contributed by atoms with Crippen LogP contribution in [-0.2, 0) is 9.47 Å². The highest BCUT2D eigenvalue weighted by molar-refractivity contribution is 5.93. The van der Waals surface area contributed by atoms with E-state index in [1.807, 2.05) is 9.20 Å². The van der Waals surface area contributed by atoms with Gasteiger partial charge in [-0.2, -0.15) is 10.2 Å². The van der Waals surface area contributed by atoms with Crippen LogP contribution in [0.5, 0.6) is 0 Å². The van der Waals surface area contributed by atoms with Crippen molar-refractivity contribution in [2.24, 2.45) is 0 Å². The van der Waals surface area contributed by atoms with Gasteiger partial charge in [-0.3, -0.25) is 4.68 Å². The molecular weight excluding hydrogens is 470 g/mol. The van der Waals surface area contributed by atoms with E-state index in [1.54, 1.807) is 6.20 Å². The summed E-state index contributed by atoms with van der Waals surface area (Å²) >= 11 is 0. The number of benzene rings is 1. The quantitative estimate of drug-likeness (QED) is 0.398. The molecule has 2 aliphatic heterocycles. The van der Waals surface area contributed by atoms with Gasteiger partial charge >= 0.3 is 0 Å². The molecular formula is C26H29N9O2. The van der Waals surface area contributed by atoms with E-state index in [1.165, 1.54) is 6.33 Å². The van der Waals surface area contributed by atoms with Gasteiger partial charge in [-0.15, -0.1) is 5.10 Å². The van der Waals surface area contributed by atoms with Crippen LogP contribution >= 0.6 is 0 Å². The summed E-state index contributed by atoms with van der Waals surface area (Å²) in [6.07, 6.45) is 7.02. The Kier molecular flexibility index (Phi) is 5.40. The summed E-state index contributed by atoms with van der Waals surface area (Å²) in [4.78, 5) is 4.31. The summed E-state index contributed by atoms with van der Waals surface area (Å²) in [5, 5.41) is 19.4. The monoisotopic (exact) mass is 499 g/mol. The highest BCUT2D eigenvalue weighted by Crippen LogP contribution is 2.38. The van der Waals surface area contributed by atoms with Gasteiger partial charge in [0.15, 0.2) is 5.82 Å². The number of ether oxygens (including phenoxy) is 2. The van der Waals surface area contributed by atoms with Gasteiger partial charge in [0.05, 0.1) is 40.9 Å². The van der Waals surface area contributed by atoms with Gasteiger partial charge in [-0.05, 0) is 44.7 Å². The lowest BCUT2D eigenvalue weighted by Gasteiger charge is -2.23. The molecule has 4 aromatic heterocycles. The maximum atomic E-state index is 6.43. The van der Waals surface area contributed by atoms with Crippen LogP contribution in [0.3, 0.4) is 0 Å². The summed E-state index contributed by atoms with van der Waals surface area (Å²) in [7, 11) is 0. The second kappa shape index (κ2) is 8.93. The molecule has 0 bridgehead atoms. The zero-order chi connectivity index (χ0) is 24.9. The van der Waals surface area contributed by atoms with Crippen molar-refractivity contribution in [1.29, 1.82) is 0 Å². The fourth-order valence-corrected chi connectivity index (χ4v) is 5.77. The summed E-state index contributed by atoms with van der Waals surface area (Å²) in [6.45, 7) is 5.04. The van der Waals surface area contributed by atoms with E-state index in [0.29, 0.717) is 11.9 Å². The maximum absolute atomic E-state index is 6.43. The van der Waals surface area contributed by atoms with Crippen LogP contribution in [0.25, 0.3) is 38.9 Å². The molecule has 2 fully saturated rings. The Hall–Kier alpha value is -3.83. The number of hydrogen-bond donors (Lipinski definition) is 1. The SMILES string of the molecule is Cc1nn(C2CCOCC2)c2cc(-c3cc(-c4cnnn4C4CCOCC4)c4c(N)ncnn34)ccc12. The Balaban J connectivity index is 1.39. The van der Waals surface area contributed by atoms with Gasteiger partial charge in [-0.1, -0.05) is 17.3 Å². The maximum Gasteiger partial charge on any atom is 0.152 e. The van der Waals surface area contributed by atoms with Crippen molar-refractivity contribution in [2.75, 3.05) is 32.2 Å². The minimum absolute atomic E-state index is 0.226. The zero-order valence-electron chi connectivity index (χ0n) is 20.7. The summed E-state index contributed by atoms with van der Waals surface area (Å²) < 4.78 is 17.2. The molecule has 2 aliphatic rings. The lowest BCUT2D eigenvalue weighted by molar-refractivity contribution is 0.0662. The molecule has 0 saturated carbocycles. The number of anilines is 1. The van der Waals surface area contributed by atoms with Crippen molar-refractivity contribution < 1.29 is 9.47 Å². The summed E-state index contributed by atoms with van der Waals surface area (Å²) in [5.41, 5.74) is 13.1. The molecule has 6 heterocycles. The second-order valence-electron chi connectivity index (χ2n) is 9.86. The Morgan fingerprint density at radius 1 is 0.919 bits per heavy atom. The normalized spacial score (nSPS) is 17.8. The van der Waals surface area contributed by atoms with Crippen LogP contribution in [-0.4, -0.2) is 65.8 Å². The molecule has 11 nitrogen and oxygen atoms in total. The first-order valence-corrected chi connectivity index (χ1v) is 12.9. The van der Waals surface area contributed by atoms with Crippen molar-refractivity contribution >= 4 is 22.2 Å². The summed E-state index contributed by atoms with van der Waals surface area (Å²) in [6, 6.07) is 9.17. The Bertz CT molecular complexity index is 1590. The van der Waals surface area contributed by atoms with Crippen molar-refractivity contribution in [3.63, 3.8) is 0 Å². The van der Waals surface area contributed by atoms with Crippen molar-refractivity contribution in [2.45, 2.75) is 44.7 Å². The molecule has 1 aromatic carbocycles. The molecule has 11 heteroatoms. The van der Waals surface area contributed by atoms with Crippen LogP contribution in [0, 0.1) is 6.92 Å². The Morgan fingerprint density at radius 3 is 2.41 bits per heavy atom. The number of aromatic nitrogens is 8. The molecule has 7 rings (SSSR count). The van der Waals surface area contributed by atoms with E-state index in [4.69, 9.17) is 20.3 Å². The van der Waals surface area contributed by atoms with Gasteiger partial charge in [-0.25, -0.2) is 14.2 Å². The molecule has 2 N–H and O–H groups in total. The van der Waals surface area contributed by atoms with Gasteiger partial charge in [0.25, 0.3) is 0 Å². The average molecular weight is 500 g/mol. The molecule has 37 heavy (non-hydrogen) atoms. The first kappa shape index (κ1) is 22.4. The van der Waals surface area contributed by atoms with Gasteiger partial charge in [0, 0.05) is 42.9 Å². The van der Waals surface area contributed by atoms with Crippen molar-refractivity contribution in [3.8, 4) is 22.5 Å². The lowest BCUT2D eigenvalue weighted by Crippen LogP contribution is -2.21. The third kappa shape index (κ3) is 3.68. The highest BCUT2D eigenvalue weighted by Gasteiger charge is 2.25. The van der Waals surface area contributed by atoms with E-state index in [9.17, 15) is 0 Å². The fourth-order valence-electron chi connectivity index (χ4n) is 5.77. The number of aryl methyl sites for hydroxylation is 1. The van der Waals surface area contributed by atoms with Crippen LogP contribution in [0.2, 0.25) is 0 Å². The molecule has 0 amide bonds. The fraction of sp³-hybridized carbons (Fsp3) is 0.423. The van der Waals surface area contributed by atoms with Crippen molar-refractivity contribution in [1.82, 2.24) is 39.4 Å². The number of nitrogens with two attached hydrogens (primary N) is 1. The second-order valence-corrected chi connectivity index (χ2v) is 9.86. The first-order valence-electron chi connectivity index (χ1n) is 12.9. The van der Waals surface area contributed by atoms with E-state index in [0.717, 1.165) is 96.7 Å². The number of nitrogen functional groups attached to an aromatic ring is 1. The zero-order valence-corrected chi connectivity index (χ0v) is 20.7. The molecule has 0 atom stereocenters. The van der Waals surface area contributed by atoms with Gasteiger partial charge in [0.2, 0.25) is 0 Å². The molecule has 0 radical (unpaired) electrons. The number of fused-ring (bicyclic) bond motifs is 2. The predicted octanol–water partition coefficient (Wildman–Crippen LogP) is 3.60. The average Bonchev–Trinajstić information content (AvgIpc) is 3.66. The molecule has 0 unspecified atom stereocenters. The van der Waals surface area contributed by atoms with E-state index < -0.39 is 0 Å². The number of nitrogens with zero attached hydrogens (tertiary/aromatic N) is 8. The Labute approximate surface area is 213 Å². The number of rotatable bonds is 4. The third-order valence-electron chi connectivity index (χ3n) is 7.69. The number of hydrogen-bond acceptors (Lipinski definition) is 8. The van der Waals surface area contributed by atoms with E-state index in [-0.39, 0.29) is 6.04 Å². The van der Waals surface area contributed by atoms with Gasteiger partial charge in [0.1, 0.15) is 11.8 Å². The topological polar surface area (TPSA) is 123 Å². The van der Waals surface area contributed by atoms with Crippen LogP contribution in [0.1, 0.15) is 43.5 Å². The van der Waals surface area contributed by atoms with E-state index >= 15 is 0 Å². The Morgan fingerprint density at radius 2 is 1.65 bits per heavy atom. The standard InChI is InChI=1S/C26H29N9O2/c1-16-20-3-2-17(12-23(20)33(31-16)18-4-8-36-9-5-18)22-13-21(25-26(27)28-15-30-35(22)25)24-14-29-32-34(24)19-6-10-37-11-7-19/h2-3,12-15,18-19H,4-11H2,1H3,(H2,27,28,30). The lowest BCUT2D eigenvalue weighted by atomic mass is 10.1.